The van der Waals surface area contributed by atoms with E-state index >= 15 is 0 Å². The third-order valence-electron chi connectivity index (χ3n) is 7.08. The smallest absolute Gasteiger partial charge is 0.259 e. The van der Waals surface area contributed by atoms with Gasteiger partial charge in [0.05, 0.1) is 16.8 Å². The van der Waals surface area contributed by atoms with Crippen molar-refractivity contribution in [1.29, 1.82) is 0 Å². The Balaban J connectivity index is 1.49. The second kappa shape index (κ2) is 4.14. The number of carbonyl (C=O) groups is 1. The van der Waals surface area contributed by atoms with Crippen LogP contribution in [0.15, 0.2) is 24.3 Å². The fourth-order valence-corrected chi connectivity index (χ4v) is 6.24. The van der Waals surface area contributed by atoms with Crippen LogP contribution >= 0.6 is 11.3 Å². The summed E-state index contributed by atoms with van der Waals surface area (Å²) in [5.41, 5.74) is 0.368. The molecule has 0 unspecified atom stereocenters. The number of thiazole rings is 1. The van der Waals surface area contributed by atoms with E-state index in [9.17, 15) is 4.79 Å². The summed E-state index contributed by atoms with van der Waals surface area (Å²) in [5.74, 6) is 0.618. The summed E-state index contributed by atoms with van der Waals surface area (Å²) >= 11 is 1.53. The fraction of sp³-hybridized carbons (Fsp3) is 0.556. The predicted octanol–water partition coefficient (Wildman–Crippen LogP) is 3.83. The molecule has 2 aliphatic carbocycles. The first-order valence-corrected chi connectivity index (χ1v) is 9.11. The van der Waals surface area contributed by atoms with E-state index in [1.165, 1.54) is 17.8 Å². The van der Waals surface area contributed by atoms with Crippen LogP contribution in [-0.2, 0) is 9.53 Å². The normalized spacial score (nSPS) is 40.9. The van der Waals surface area contributed by atoms with Crippen molar-refractivity contribution < 1.29 is 9.53 Å². The number of aromatic nitrogens is 1. The Labute approximate surface area is 139 Å². The Morgan fingerprint density at radius 2 is 2.22 bits per heavy atom. The van der Waals surface area contributed by atoms with Crippen molar-refractivity contribution in [3.63, 3.8) is 0 Å². The molecule has 1 aliphatic heterocycles. The SMILES string of the molecule is C[C@]12CC[C@H]3C[C@@]1(C(=O)Nc1nc4ccccc4s1)OC[C@@]32C. The van der Waals surface area contributed by atoms with E-state index in [1.807, 2.05) is 24.3 Å². The minimum Gasteiger partial charge on any atom is -0.364 e. The Bertz CT molecular complexity index is 800. The summed E-state index contributed by atoms with van der Waals surface area (Å²) in [7, 11) is 0. The summed E-state index contributed by atoms with van der Waals surface area (Å²) in [6, 6.07) is 7.97. The average molecular weight is 328 g/mol. The van der Waals surface area contributed by atoms with E-state index in [0.717, 1.165) is 23.1 Å². The number of fused-ring (bicyclic) bond motifs is 1. The predicted molar refractivity (Wildman–Crippen MR) is 90.5 cm³/mol. The maximum atomic E-state index is 13.1. The van der Waals surface area contributed by atoms with Crippen LogP contribution in [0.5, 0.6) is 0 Å². The van der Waals surface area contributed by atoms with Crippen molar-refractivity contribution in [3.8, 4) is 0 Å². The molecule has 5 heteroatoms. The molecule has 0 radical (unpaired) electrons. The van der Waals surface area contributed by atoms with E-state index in [1.54, 1.807) is 0 Å². The molecule has 1 aromatic heterocycles. The Morgan fingerprint density at radius 3 is 2.96 bits per heavy atom. The average Bonchev–Trinajstić information content (AvgIpc) is 3.17. The van der Waals surface area contributed by atoms with E-state index in [0.29, 0.717) is 17.7 Å². The van der Waals surface area contributed by atoms with Gasteiger partial charge in [-0.3, -0.25) is 10.1 Å². The van der Waals surface area contributed by atoms with Crippen LogP contribution in [0.4, 0.5) is 5.13 Å². The van der Waals surface area contributed by atoms with Crippen LogP contribution in [-0.4, -0.2) is 23.1 Å². The first kappa shape index (κ1) is 13.9. The number of rotatable bonds is 2. The standard InChI is InChI=1S/C18H20N2O2S/c1-16-10-22-18(9-11(16)7-8-17(16,18)2)14(21)20-15-19-12-5-3-4-6-13(12)23-15/h3-6,11H,7-10H2,1-2H3,(H,19,20,21)/t11-,16-,17+,18-/m0/s1. The molecular formula is C18H20N2O2S. The molecular weight excluding hydrogens is 308 g/mol. The van der Waals surface area contributed by atoms with Crippen molar-refractivity contribution >= 4 is 32.6 Å². The number of nitrogens with zero attached hydrogens (tertiary/aromatic N) is 1. The summed E-state index contributed by atoms with van der Waals surface area (Å²) < 4.78 is 7.25. The number of anilines is 1. The summed E-state index contributed by atoms with van der Waals surface area (Å²) in [5, 5.41) is 3.74. The van der Waals surface area contributed by atoms with Gasteiger partial charge in [-0.2, -0.15) is 0 Å². The van der Waals surface area contributed by atoms with Crippen molar-refractivity contribution in [2.75, 3.05) is 11.9 Å². The molecule has 2 aromatic rings. The van der Waals surface area contributed by atoms with Gasteiger partial charge >= 0.3 is 0 Å². The van der Waals surface area contributed by atoms with E-state index in [2.05, 4.69) is 24.1 Å². The molecule has 0 spiro atoms. The molecule has 4 bridgehead atoms. The molecule has 4 nitrogen and oxygen atoms in total. The number of hydrogen-bond acceptors (Lipinski definition) is 4. The van der Waals surface area contributed by atoms with Gasteiger partial charge in [0.1, 0.15) is 0 Å². The minimum absolute atomic E-state index is 0.00461. The number of nitrogens with one attached hydrogen (secondary N) is 1. The molecule has 1 saturated heterocycles. The number of benzene rings is 1. The van der Waals surface area contributed by atoms with Gasteiger partial charge in [-0.25, -0.2) is 4.98 Å². The highest BCUT2D eigenvalue weighted by atomic mass is 32.1. The minimum atomic E-state index is -0.664. The zero-order valence-electron chi connectivity index (χ0n) is 13.4. The molecule has 3 aliphatic rings. The number of amides is 1. The van der Waals surface area contributed by atoms with Crippen LogP contribution in [0, 0.1) is 16.7 Å². The van der Waals surface area contributed by atoms with Gasteiger partial charge in [0.25, 0.3) is 5.91 Å². The molecule has 23 heavy (non-hydrogen) atoms. The van der Waals surface area contributed by atoms with E-state index < -0.39 is 5.60 Å². The van der Waals surface area contributed by atoms with Crippen LogP contribution in [0.3, 0.4) is 0 Å². The highest BCUT2D eigenvalue weighted by Gasteiger charge is 2.78. The van der Waals surface area contributed by atoms with Gasteiger partial charge in [-0.1, -0.05) is 37.3 Å². The zero-order valence-corrected chi connectivity index (χ0v) is 14.2. The van der Waals surface area contributed by atoms with E-state index in [-0.39, 0.29) is 16.7 Å². The van der Waals surface area contributed by atoms with Gasteiger partial charge in [0.2, 0.25) is 0 Å². The quantitative estimate of drug-likeness (QED) is 0.911. The van der Waals surface area contributed by atoms with Crippen LogP contribution < -0.4 is 5.32 Å². The van der Waals surface area contributed by atoms with Crippen LogP contribution in [0.2, 0.25) is 0 Å². The van der Waals surface area contributed by atoms with Gasteiger partial charge in [0, 0.05) is 10.8 Å². The first-order valence-electron chi connectivity index (χ1n) is 8.30. The molecule has 1 aromatic carbocycles. The lowest BCUT2D eigenvalue weighted by atomic mass is 9.66. The summed E-state index contributed by atoms with van der Waals surface area (Å²) in [4.78, 5) is 17.7. The molecule has 2 heterocycles. The molecule has 5 rings (SSSR count). The molecule has 3 fully saturated rings. The zero-order chi connectivity index (χ0) is 15.9. The summed E-state index contributed by atoms with van der Waals surface area (Å²) in [6.45, 7) is 5.27. The van der Waals surface area contributed by atoms with E-state index in [4.69, 9.17) is 4.74 Å². The lowest BCUT2D eigenvalue weighted by Crippen LogP contribution is -2.52. The molecule has 4 atom stereocenters. The lowest BCUT2D eigenvalue weighted by Gasteiger charge is -2.39. The number of para-hydroxylation sites is 1. The Hall–Kier alpha value is -1.46. The van der Waals surface area contributed by atoms with Crippen LogP contribution in [0.25, 0.3) is 10.2 Å². The summed E-state index contributed by atoms with van der Waals surface area (Å²) in [6.07, 6.45) is 3.17. The first-order chi connectivity index (χ1) is 11.0. The third-order valence-corrected chi connectivity index (χ3v) is 8.03. The lowest BCUT2D eigenvalue weighted by molar-refractivity contribution is -0.149. The number of ether oxygens (including phenoxy) is 1. The van der Waals surface area contributed by atoms with Crippen LogP contribution in [0.1, 0.15) is 33.1 Å². The second-order valence-corrected chi connectivity index (χ2v) is 8.78. The van der Waals surface area contributed by atoms with Crippen molar-refractivity contribution in [1.82, 2.24) is 4.98 Å². The van der Waals surface area contributed by atoms with Gasteiger partial charge < -0.3 is 4.74 Å². The molecule has 2 saturated carbocycles. The topological polar surface area (TPSA) is 51.2 Å². The van der Waals surface area contributed by atoms with Gasteiger partial charge in [0.15, 0.2) is 10.7 Å². The Kier molecular flexibility index (Phi) is 2.51. The molecule has 1 N–H and O–H groups in total. The highest BCUT2D eigenvalue weighted by Crippen LogP contribution is 2.75. The van der Waals surface area contributed by atoms with Gasteiger partial charge in [-0.15, -0.1) is 0 Å². The maximum Gasteiger partial charge on any atom is 0.259 e. The monoisotopic (exact) mass is 328 g/mol. The highest BCUT2D eigenvalue weighted by molar-refractivity contribution is 7.22. The fourth-order valence-electron chi connectivity index (χ4n) is 5.38. The second-order valence-electron chi connectivity index (χ2n) is 7.75. The maximum absolute atomic E-state index is 13.1. The third kappa shape index (κ3) is 1.46. The molecule has 1 amide bonds. The van der Waals surface area contributed by atoms with Crippen molar-refractivity contribution in [2.45, 2.75) is 38.7 Å². The van der Waals surface area contributed by atoms with Crippen molar-refractivity contribution in [2.24, 2.45) is 16.7 Å². The van der Waals surface area contributed by atoms with Gasteiger partial charge in [-0.05, 0) is 37.3 Å². The number of carbonyl (C=O) groups excluding carboxylic acids is 1. The molecule has 120 valence electrons. The Morgan fingerprint density at radius 1 is 1.39 bits per heavy atom. The van der Waals surface area contributed by atoms with Crippen molar-refractivity contribution in [3.05, 3.63) is 24.3 Å². The largest absolute Gasteiger partial charge is 0.364 e. The number of hydrogen-bond donors (Lipinski definition) is 1.